The van der Waals surface area contributed by atoms with Crippen molar-refractivity contribution in [1.82, 2.24) is 0 Å². The number of carbonyl (C=O) groups is 1. The first-order valence-electron chi connectivity index (χ1n) is 6.15. The van der Waals surface area contributed by atoms with Crippen molar-refractivity contribution in [2.75, 3.05) is 5.75 Å². The zero-order valence-electron chi connectivity index (χ0n) is 10.6. The van der Waals surface area contributed by atoms with Crippen LogP contribution in [0.5, 0.6) is 0 Å². The fraction of sp³-hybridized carbons (Fsp3) is 0.500. The molecule has 0 heterocycles. The molecule has 0 aromatic carbocycles. The molecule has 4 heteroatoms. The third-order valence-electron chi connectivity index (χ3n) is 2.28. The van der Waals surface area contributed by atoms with Crippen molar-refractivity contribution in [3.8, 4) is 0 Å². The first-order chi connectivity index (χ1) is 8.66. The Kier molecular flexibility index (Phi) is 12.3. The third-order valence-corrected chi connectivity index (χ3v) is 3.43. The molecule has 18 heavy (non-hydrogen) atoms. The summed E-state index contributed by atoms with van der Waals surface area (Å²) in [4.78, 5) is 10.3. The highest BCUT2D eigenvalue weighted by molar-refractivity contribution is 8.02. The van der Waals surface area contributed by atoms with Crippen molar-refractivity contribution in [2.45, 2.75) is 38.5 Å². The maximum atomic E-state index is 10.3. The molecule has 0 amide bonds. The highest BCUT2D eigenvalue weighted by Crippen LogP contribution is 2.11. The van der Waals surface area contributed by atoms with E-state index in [4.69, 9.17) is 16.7 Å². The molecule has 0 unspecified atom stereocenters. The molecule has 0 fully saturated rings. The van der Waals surface area contributed by atoms with E-state index in [1.807, 2.05) is 17.6 Å². The van der Waals surface area contributed by atoms with E-state index in [1.54, 1.807) is 17.8 Å². The quantitative estimate of drug-likeness (QED) is 0.431. The van der Waals surface area contributed by atoms with Crippen LogP contribution >= 0.6 is 23.4 Å². The number of carboxylic acids is 1. The van der Waals surface area contributed by atoms with Gasteiger partial charge in [0.1, 0.15) is 0 Å². The van der Waals surface area contributed by atoms with E-state index in [0.717, 1.165) is 25.0 Å². The van der Waals surface area contributed by atoms with Crippen LogP contribution in [0, 0.1) is 0 Å². The Morgan fingerprint density at radius 1 is 1.22 bits per heavy atom. The van der Waals surface area contributed by atoms with Crippen LogP contribution in [0.15, 0.2) is 35.2 Å². The lowest BCUT2D eigenvalue weighted by Crippen LogP contribution is -1.93. The molecule has 0 radical (unpaired) electrons. The molecule has 102 valence electrons. The molecule has 0 aromatic rings. The standard InChI is InChI=1S/C14H21ClO2S/c1-2-13(15)9-8-12-18-11-7-5-3-4-6-10-14(16)17/h2,8-9,12H,1,3-7,10-11H2,(H,16,17)/b12-8+,13-9+. The number of allylic oxidation sites excluding steroid dienone is 4. The van der Waals surface area contributed by atoms with Gasteiger partial charge < -0.3 is 5.11 Å². The maximum Gasteiger partial charge on any atom is 0.303 e. The highest BCUT2D eigenvalue weighted by atomic mass is 35.5. The number of halogens is 1. The number of carboxylic acid groups (broad SMARTS) is 1. The number of rotatable bonds is 11. The molecule has 0 aliphatic rings. The van der Waals surface area contributed by atoms with Gasteiger partial charge in [0.25, 0.3) is 0 Å². The van der Waals surface area contributed by atoms with E-state index in [9.17, 15) is 4.79 Å². The molecule has 1 N–H and O–H groups in total. The minimum absolute atomic E-state index is 0.299. The molecule has 0 aliphatic heterocycles. The molecule has 0 aromatic heterocycles. The zero-order chi connectivity index (χ0) is 13.6. The Balaban J connectivity index is 3.26. The SMILES string of the molecule is C=C/C(Cl)=C\C=C\SCCCCCCCC(=O)O. The van der Waals surface area contributed by atoms with E-state index in [1.165, 1.54) is 12.8 Å². The summed E-state index contributed by atoms with van der Waals surface area (Å²) in [7, 11) is 0. The van der Waals surface area contributed by atoms with Gasteiger partial charge >= 0.3 is 5.97 Å². The van der Waals surface area contributed by atoms with Crippen LogP contribution < -0.4 is 0 Å². The lowest BCUT2D eigenvalue weighted by Gasteiger charge is -1.98. The largest absolute Gasteiger partial charge is 0.481 e. The Morgan fingerprint density at radius 3 is 2.56 bits per heavy atom. The second-order valence-corrected chi connectivity index (χ2v) is 5.32. The molecule has 2 nitrogen and oxygen atoms in total. The fourth-order valence-corrected chi connectivity index (χ4v) is 2.08. The summed E-state index contributed by atoms with van der Waals surface area (Å²) in [5.74, 6) is 0.400. The van der Waals surface area contributed by atoms with Crippen molar-refractivity contribution in [1.29, 1.82) is 0 Å². The molecular weight excluding hydrogens is 268 g/mol. The smallest absolute Gasteiger partial charge is 0.303 e. The summed E-state index contributed by atoms with van der Waals surface area (Å²) in [6.07, 6.45) is 10.9. The minimum atomic E-state index is -0.693. The number of hydrogen-bond donors (Lipinski definition) is 1. The Hall–Kier alpha value is -0.670. The molecule has 0 spiro atoms. The van der Waals surface area contributed by atoms with Crippen molar-refractivity contribution in [2.24, 2.45) is 0 Å². The number of aliphatic carboxylic acids is 1. The van der Waals surface area contributed by atoms with Gasteiger partial charge in [-0.05, 0) is 30.1 Å². The summed E-state index contributed by atoms with van der Waals surface area (Å²) in [6, 6.07) is 0. The van der Waals surface area contributed by atoms with Gasteiger partial charge in [-0.15, -0.1) is 11.8 Å². The number of thioether (sulfide) groups is 1. The summed E-state index contributed by atoms with van der Waals surface area (Å²) in [5, 5.41) is 11.1. The predicted molar refractivity (Wildman–Crippen MR) is 81.1 cm³/mol. The van der Waals surface area contributed by atoms with Crippen LogP contribution in [-0.2, 0) is 4.79 Å². The van der Waals surface area contributed by atoms with E-state index >= 15 is 0 Å². The topological polar surface area (TPSA) is 37.3 Å². The van der Waals surface area contributed by atoms with Gasteiger partial charge in [-0.2, -0.15) is 0 Å². The van der Waals surface area contributed by atoms with Crippen molar-refractivity contribution in [3.05, 3.63) is 35.2 Å². The van der Waals surface area contributed by atoms with Crippen molar-refractivity contribution < 1.29 is 9.90 Å². The van der Waals surface area contributed by atoms with E-state index < -0.39 is 5.97 Å². The summed E-state index contributed by atoms with van der Waals surface area (Å²) < 4.78 is 0. The summed E-state index contributed by atoms with van der Waals surface area (Å²) >= 11 is 7.50. The highest BCUT2D eigenvalue weighted by Gasteiger charge is 1.96. The first-order valence-corrected chi connectivity index (χ1v) is 7.57. The summed E-state index contributed by atoms with van der Waals surface area (Å²) in [5.41, 5.74) is 0. The van der Waals surface area contributed by atoms with Crippen molar-refractivity contribution >= 4 is 29.3 Å². The molecule has 0 saturated heterocycles. The molecule has 0 aliphatic carbocycles. The van der Waals surface area contributed by atoms with Gasteiger partial charge in [0.2, 0.25) is 0 Å². The average molecular weight is 289 g/mol. The monoisotopic (exact) mass is 288 g/mol. The van der Waals surface area contributed by atoms with Gasteiger partial charge in [-0.25, -0.2) is 0 Å². The lowest BCUT2D eigenvalue weighted by molar-refractivity contribution is -0.137. The van der Waals surface area contributed by atoms with Crippen LogP contribution in [0.2, 0.25) is 0 Å². The number of unbranched alkanes of at least 4 members (excludes halogenated alkanes) is 4. The Labute approximate surface area is 119 Å². The van der Waals surface area contributed by atoms with Gasteiger partial charge in [0.15, 0.2) is 0 Å². The van der Waals surface area contributed by atoms with Crippen LogP contribution in [0.25, 0.3) is 0 Å². The van der Waals surface area contributed by atoms with Crippen LogP contribution in [0.4, 0.5) is 0 Å². The van der Waals surface area contributed by atoms with Gasteiger partial charge in [0.05, 0.1) is 0 Å². The minimum Gasteiger partial charge on any atom is -0.481 e. The van der Waals surface area contributed by atoms with E-state index in [-0.39, 0.29) is 0 Å². The fourth-order valence-electron chi connectivity index (χ4n) is 1.31. The average Bonchev–Trinajstić information content (AvgIpc) is 2.35. The second-order valence-electron chi connectivity index (χ2n) is 3.87. The first kappa shape index (κ1) is 17.3. The molecular formula is C14H21ClO2S. The van der Waals surface area contributed by atoms with Crippen LogP contribution in [0.3, 0.4) is 0 Å². The molecule has 0 bridgehead atoms. The third kappa shape index (κ3) is 13.4. The Bertz CT molecular complexity index is 298. The normalized spacial score (nSPS) is 11.9. The molecule has 0 saturated carbocycles. The predicted octanol–water partition coefficient (Wildman–Crippen LogP) is 4.97. The van der Waals surface area contributed by atoms with Gasteiger partial charge in [-0.3, -0.25) is 4.79 Å². The van der Waals surface area contributed by atoms with Crippen LogP contribution in [-0.4, -0.2) is 16.8 Å². The number of hydrogen-bond acceptors (Lipinski definition) is 2. The van der Waals surface area contributed by atoms with Gasteiger partial charge in [-0.1, -0.05) is 49.6 Å². The Morgan fingerprint density at radius 2 is 1.89 bits per heavy atom. The molecule has 0 atom stereocenters. The van der Waals surface area contributed by atoms with E-state index in [2.05, 4.69) is 6.58 Å². The van der Waals surface area contributed by atoms with Crippen molar-refractivity contribution in [3.63, 3.8) is 0 Å². The van der Waals surface area contributed by atoms with E-state index in [0.29, 0.717) is 11.5 Å². The van der Waals surface area contributed by atoms with Gasteiger partial charge in [0, 0.05) is 11.5 Å². The summed E-state index contributed by atoms with van der Waals surface area (Å²) in [6.45, 7) is 3.56. The second kappa shape index (κ2) is 12.8. The maximum absolute atomic E-state index is 10.3. The van der Waals surface area contributed by atoms with Crippen LogP contribution in [0.1, 0.15) is 38.5 Å². The lowest BCUT2D eigenvalue weighted by atomic mass is 10.1. The molecule has 0 rings (SSSR count). The zero-order valence-corrected chi connectivity index (χ0v) is 12.2.